The maximum absolute atomic E-state index is 12.8. The van der Waals surface area contributed by atoms with E-state index in [0.717, 1.165) is 51.4 Å². The van der Waals surface area contributed by atoms with Crippen molar-refractivity contribution in [2.24, 2.45) is 11.8 Å². The Morgan fingerprint density at radius 2 is 1.52 bits per heavy atom. The fourth-order valence-electron chi connectivity index (χ4n) is 4.82. The largest absolute Gasteiger partial charge is 0.377 e. The van der Waals surface area contributed by atoms with Gasteiger partial charge in [-0.2, -0.15) is 0 Å². The van der Waals surface area contributed by atoms with E-state index in [1.54, 1.807) is 12.1 Å². The van der Waals surface area contributed by atoms with Crippen LogP contribution in [0.1, 0.15) is 57.8 Å². The van der Waals surface area contributed by atoms with Crippen LogP contribution in [0, 0.1) is 22.0 Å². The third-order valence-corrected chi connectivity index (χ3v) is 6.24. The Morgan fingerprint density at radius 1 is 0.926 bits per heavy atom. The minimum Gasteiger partial charge on any atom is -0.377 e. The lowest BCUT2D eigenvalue weighted by molar-refractivity contribution is -0.383. The van der Waals surface area contributed by atoms with Crippen LogP contribution in [0.3, 0.4) is 0 Å². The van der Waals surface area contributed by atoms with Gasteiger partial charge in [-0.05, 0) is 37.8 Å². The van der Waals surface area contributed by atoms with Crippen LogP contribution < -0.4 is 10.2 Å². The number of fused-ring (bicyclic) bond motifs is 1. The first-order chi connectivity index (χ1) is 13.1. The molecule has 1 aliphatic heterocycles. The zero-order valence-electron chi connectivity index (χ0n) is 15.4. The lowest BCUT2D eigenvalue weighted by Gasteiger charge is -2.24. The molecule has 4 rings (SSSR count). The molecule has 1 aromatic carbocycles. The maximum atomic E-state index is 12.8. The molecule has 27 heavy (non-hydrogen) atoms. The second-order valence-corrected chi connectivity index (χ2v) is 7.95. The normalized spacial score (nSPS) is 26.1. The van der Waals surface area contributed by atoms with Gasteiger partial charge in [0.2, 0.25) is 11.8 Å². The molecule has 3 aliphatic rings. The second-order valence-electron chi connectivity index (χ2n) is 7.95. The first-order valence-corrected chi connectivity index (χ1v) is 9.99. The Bertz CT molecular complexity index is 748. The van der Waals surface area contributed by atoms with Gasteiger partial charge in [0.15, 0.2) is 0 Å². The predicted octanol–water partition coefficient (Wildman–Crippen LogP) is 4.02. The molecule has 0 radical (unpaired) electrons. The third kappa shape index (κ3) is 3.31. The molecule has 1 saturated heterocycles. The van der Waals surface area contributed by atoms with Gasteiger partial charge >= 0.3 is 0 Å². The molecular formula is C20H25N3O4. The molecule has 2 amide bonds. The molecule has 2 saturated carbocycles. The van der Waals surface area contributed by atoms with Gasteiger partial charge in [-0.25, -0.2) is 4.90 Å². The molecule has 7 nitrogen and oxygen atoms in total. The predicted molar refractivity (Wildman–Crippen MR) is 102 cm³/mol. The van der Waals surface area contributed by atoms with Gasteiger partial charge < -0.3 is 5.32 Å². The quantitative estimate of drug-likeness (QED) is 0.490. The average Bonchev–Trinajstić information content (AvgIpc) is 2.94. The highest BCUT2D eigenvalue weighted by atomic mass is 16.6. The van der Waals surface area contributed by atoms with Gasteiger partial charge in [0.05, 0.1) is 22.4 Å². The summed E-state index contributed by atoms with van der Waals surface area (Å²) in [4.78, 5) is 37.9. The zero-order valence-corrected chi connectivity index (χ0v) is 15.4. The van der Waals surface area contributed by atoms with Crippen LogP contribution in [-0.4, -0.2) is 22.8 Å². The SMILES string of the molecule is O=C1[C@H]2CCCC[C@@H]2C(=O)N1c1ccc(NC2CCCCC2)c([N+](=O)[O-])c1. The topological polar surface area (TPSA) is 92.6 Å². The number of benzene rings is 1. The number of carbonyl (C=O) groups excluding carboxylic acids is 2. The van der Waals surface area contributed by atoms with E-state index >= 15 is 0 Å². The van der Waals surface area contributed by atoms with E-state index in [-0.39, 0.29) is 35.4 Å². The molecular weight excluding hydrogens is 346 g/mol. The van der Waals surface area contributed by atoms with Crippen molar-refractivity contribution >= 4 is 28.9 Å². The fraction of sp³-hybridized carbons (Fsp3) is 0.600. The van der Waals surface area contributed by atoms with Crippen molar-refractivity contribution in [3.05, 3.63) is 28.3 Å². The molecule has 2 aliphatic carbocycles. The monoisotopic (exact) mass is 371 g/mol. The highest BCUT2D eigenvalue weighted by Crippen LogP contribution is 2.41. The van der Waals surface area contributed by atoms with Crippen molar-refractivity contribution in [1.29, 1.82) is 0 Å². The highest BCUT2D eigenvalue weighted by Gasteiger charge is 2.49. The van der Waals surface area contributed by atoms with E-state index in [0.29, 0.717) is 11.4 Å². The zero-order chi connectivity index (χ0) is 19.0. The minimum absolute atomic E-state index is 0.0754. The maximum Gasteiger partial charge on any atom is 0.294 e. The summed E-state index contributed by atoms with van der Waals surface area (Å²) < 4.78 is 0. The van der Waals surface area contributed by atoms with Crippen LogP contribution in [-0.2, 0) is 9.59 Å². The van der Waals surface area contributed by atoms with Crippen molar-refractivity contribution in [2.75, 3.05) is 10.2 Å². The molecule has 2 atom stereocenters. The molecule has 7 heteroatoms. The summed E-state index contributed by atoms with van der Waals surface area (Å²) in [6, 6.07) is 4.91. The van der Waals surface area contributed by atoms with Crippen molar-refractivity contribution in [2.45, 2.75) is 63.8 Å². The van der Waals surface area contributed by atoms with Crippen molar-refractivity contribution < 1.29 is 14.5 Å². The van der Waals surface area contributed by atoms with Gasteiger partial charge in [0.25, 0.3) is 5.69 Å². The van der Waals surface area contributed by atoms with Crippen LogP contribution in [0.2, 0.25) is 0 Å². The standard InChI is InChI=1S/C20H25N3O4/c24-19-15-8-4-5-9-16(15)20(25)22(19)14-10-11-17(18(12-14)23(26)27)21-13-6-2-1-3-7-13/h10-13,15-16,21H,1-9H2/t15-,16-/m0/s1. The van der Waals surface area contributed by atoms with Gasteiger partial charge in [-0.3, -0.25) is 19.7 Å². The van der Waals surface area contributed by atoms with Crippen LogP contribution in [0.4, 0.5) is 17.1 Å². The van der Waals surface area contributed by atoms with Crippen LogP contribution in [0.15, 0.2) is 18.2 Å². The summed E-state index contributed by atoms with van der Waals surface area (Å²) in [6.07, 6.45) is 8.85. The van der Waals surface area contributed by atoms with E-state index in [2.05, 4.69) is 5.32 Å². The number of imide groups is 1. The first kappa shape index (κ1) is 17.9. The van der Waals surface area contributed by atoms with E-state index in [9.17, 15) is 19.7 Å². The number of nitro groups is 1. The molecule has 0 bridgehead atoms. The van der Waals surface area contributed by atoms with Gasteiger partial charge in [-0.1, -0.05) is 32.1 Å². The summed E-state index contributed by atoms with van der Waals surface area (Å²) in [5.74, 6) is -0.922. The van der Waals surface area contributed by atoms with Crippen molar-refractivity contribution in [3.8, 4) is 0 Å². The Labute approximate surface area is 158 Å². The van der Waals surface area contributed by atoms with Crippen LogP contribution in [0.5, 0.6) is 0 Å². The lowest BCUT2D eigenvalue weighted by Crippen LogP contribution is -2.31. The summed E-state index contributed by atoms with van der Waals surface area (Å²) in [6.45, 7) is 0. The number of anilines is 2. The highest BCUT2D eigenvalue weighted by molar-refractivity contribution is 6.22. The molecule has 1 N–H and O–H groups in total. The minimum atomic E-state index is -0.438. The van der Waals surface area contributed by atoms with Crippen LogP contribution >= 0.6 is 0 Å². The summed E-state index contributed by atoms with van der Waals surface area (Å²) in [5, 5.41) is 14.9. The number of hydrogen-bond donors (Lipinski definition) is 1. The fourth-order valence-corrected chi connectivity index (χ4v) is 4.82. The molecule has 1 heterocycles. The molecule has 3 fully saturated rings. The summed E-state index contributed by atoms with van der Waals surface area (Å²) in [5.41, 5.74) is 0.709. The molecule has 144 valence electrons. The number of hydrogen-bond acceptors (Lipinski definition) is 5. The first-order valence-electron chi connectivity index (χ1n) is 9.99. The number of nitrogens with one attached hydrogen (secondary N) is 1. The number of nitro benzene ring substituents is 1. The third-order valence-electron chi connectivity index (χ3n) is 6.24. The Kier molecular flexibility index (Phi) is 4.85. The Balaban J connectivity index is 1.62. The summed E-state index contributed by atoms with van der Waals surface area (Å²) >= 11 is 0. The number of carbonyl (C=O) groups is 2. The average molecular weight is 371 g/mol. The molecule has 0 spiro atoms. The van der Waals surface area contributed by atoms with Gasteiger partial charge in [-0.15, -0.1) is 0 Å². The van der Waals surface area contributed by atoms with Gasteiger partial charge in [0, 0.05) is 12.1 Å². The lowest BCUT2D eigenvalue weighted by atomic mass is 9.81. The van der Waals surface area contributed by atoms with E-state index in [1.807, 2.05) is 0 Å². The Hall–Kier alpha value is -2.44. The van der Waals surface area contributed by atoms with E-state index in [4.69, 9.17) is 0 Å². The molecule has 0 unspecified atom stereocenters. The number of nitrogens with zero attached hydrogens (tertiary/aromatic N) is 2. The van der Waals surface area contributed by atoms with Crippen molar-refractivity contribution in [1.82, 2.24) is 0 Å². The Morgan fingerprint density at radius 3 is 2.11 bits per heavy atom. The smallest absolute Gasteiger partial charge is 0.294 e. The van der Waals surface area contributed by atoms with E-state index < -0.39 is 4.92 Å². The second kappa shape index (κ2) is 7.29. The van der Waals surface area contributed by atoms with Gasteiger partial charge in [0.1, 0.15) is 5.69 Å². The number of rotatable bonds is 4. The molecule has 0 aromatic heterocycles. The van der Waals surface area contributed by atoms with Crippen LogP contribution in [0.25, 0.3) is 0 Å². The summed E-state index contributed by atoms with van der Waals surface area (Å²) in [7, 11) is 0. The molecule has 1 aromatic rings. The van der Waals surface area contributed by atoms with Crippen molar-refractivity contribution in [3.63, 3.8) is 0 Å². The van der Waals surface area contributed by atoms with E-state index in [1.165, 1.54) is 17.4 Å². The number of amides is 2.